The summed E-state index contributed by atoms with van der Waals surface area (Å²) in [5.41, 5.74) is 0. The molecule has 0 bridgehead atoms. The molecule has 0 aliphatic heterocycles. The van der Waals surface area contributed by atoms with Crippen LogP contribution in [0.4, 0.5) is 0 Å². The van der Waals surface area contributed by atoms with Crippen molar-refractivity contribution < 1.29 is 22.6 Å². The van der Waals surface area contributed by atoms with E-state index in [4.69, 9.17) is 0 Å². The summed E-state index contributed by atoms with van der Waals surface area (Å²) in [6.07, 6.45) is 23.3. The third-order valence-electron chi connectivity index (χ3n) is 6.86. The first-order chi connectivity index (χ1) is 15.2. The molecule has 32 heavy (non-hydrogen) atoms. The second kappa shape index (κ2) is 20.2. The lowest BCUT2D eigenvalue weighted by Crippen LogP contribution is -2.50. The van der Waals surface area contributed by atoms with Crippen LogP contribution in [-0.2, 0) is 10.1 Å². The Bertz CT molecular complexity index is 512. The normalized spacial score (nSPS) is 15.0. The Labute approximate surface area is 200 Å². The van der Waals surface area contributed by atoms with E-state index >= 15 is 0 Å². The van der Waals surface area contributed by atoms with E-state index in [1.54, 1.807) is 0 Å². The summed E-state index contributed by atoms with van der Waals surface area (Å²) in [6, 6.07) is 0. The van der Waals surface area contributed by atoms with Gasteiger partial charge in [-0.3, -0.25) is 0 Å². The van der Waals surface area contributed by atoms with Gasteiger partial charge in [-0.2, -0.15) is 0 Å². The van der Waals surface area contributed by atoms with Gasteiger partial charge in [-0.25, -0.2) is 8.42 Å². The van der Waals surface area contributed by atoms with Gasteiger partial charge in [0, 0.05) is 0 Å². The van der Waals surface area contributed by atoms with Crippen molar-refractivity contribution in [2.24, 2.45) is 0 Å². The summed E-state index contributed by atoms with van der Waals surface area (Å²) in [5, 5.41) is 9.91. The van der Waals surface area contributed by atoms with Crippen LogP contribution in [0.2, 0.25) is 0 Å². The van der Waals surface area contributed by atoms with E-state index in [2.05, 4.69) is 6.92 Å². The lowest BCUT2D eigenvalue weighted by Gasteiger charge is -2.35. The lowest BCUT2D eigenvalue weighted by molar-refractivity contribution is -0.910. The molecule has 0 saturated carbocycles. The van der Waals surface area contributed by atoms with E-state index in [9.17, 15) is 18.1 Å². The zero-order valence-electron chi connectivity index (χ0n) is 21.7. The predicted molar refractivity (Wildman–Crippen MR) is 136 cm³/mol. The Morgan fingerprint density at radius 2 is 1.03 bits per heavy atom. The largest absolute Gasteiger partial charge is 0.748 e. The van der Waals surface area contributed by atoms with Crippen LogP contribution in [0.25, 0.3) is 0 Å². The lowest BCUT2D eigenvalue weighted by atomic mass is 10.0. The summed E-state index contributed by atoms with van der Waals surface area (Å²) < 4.78 is 33.1. The molecule has 0 radical (unpaired) electrons. The first-order valence-electron chi connectivity index (χ1n) is 13.7. The fourth-order valence-corrected chi connectivity index (χ4v) is 5.15. The van der Waals surface area contributed by atoms with Crippen LogP contribution in [0.5, 0.6) is 0 Å². The summed E-state index contributed by atoms with van der Waals surface area (Å²) in [5.74, 6) is -0.681. The van der Waals surface area contributed by atoms with Crippen molar-refractivity contribution in [1.82, 2.24) is 0 Å². The number of nitrogens with zero attached hydrogens (tertiary/aromatic N) is 1. The molecule has 0 rings (SSSR count). The Hall–Kier alpha value is -0.170. The number of rotatable bonds is 24. The molecule has 0 aromatic carbocycles. The minimum Gasteiger partial charge on any atom is -0.748 e. The van der Waals surface area contributed by atoms with Crippen molar-refractivity contribution >= 4 is 10.1 Å². The molecule has 0 fully saturated rings. The van der Waals surface area contributed by atoms with Gasteiger partial charge in [0.25, 0.3) is 0 Å². The van der Waals surface area contributed by atoms with Crippen molar-refractivity contribution in [2.75, 3.05) is 32.4 Å². The van der Waals surface area contributed by atoms with E-state index in [1.807, 2.05) is 14.0 Å². The van der Waals surface area contributed by atoms with Gasteiger partial charge in [-0.05, 0) is 19.8 Å². The molecule has 2 atom stereocenters. The standard InChI is InChI=1S/C26H55NO4S/c1-4-6-7-8-9-10-11-12-13-14-15-16-17-18-19-20-21-22-23-27(3,5-2)24-26(28)25-32(29,30)31/h26,28H,4-25H2,1-3H3. The van der Waals surface area contributed by atoms with Crippen LogP contribution in [0.15, 0.2) is 0 Å². The van der Waals surface area contributed by atoms with Gasteiger partial charge in [-0.15, -0.1) is 0 Å². The van der Waals surface area contributed by atoms with Gasteiger partial charge in [0.15, 0.2) is 0 Å². The first kappa shape index (κ1) is 31.8. The number of unbranched alkanes of at least 4 members (excludes halogenated alkanes) is 17. The predicted octanol–water partition coefficient (Wildman–Crippen LogP) is 6.40. The van der Waals surface area contributed by atoms with Gasteiger partial charge in [-0.1, -0.05) is 110 Å². The summed E-state index contributed by atoms with van der Waals surface area (Å²) >= 11 is 0. The van der Waals surface area contributed by atoms with Crippen molar-refractivity contribution in [3.63, 3.8) is 0 Å². The first-order valence-corrected chi connectivity index (χ1v) is 15.3. The van der Waals surface area contributed by atoms with E-state index < -0.39 is 22.0 Å². The number of hydrogen-bond donors (Lipinski definition) is 1. The van der Waals surface area contributed by atoms with Crippen LogP contribution in [0.3, 0.4) is 0 Å². The molecular weight excluding hydrogens is 422 g/mol. The highest BCUT2D eigenvalue weighted by atomic mass is 32.2. The molecule has 0 spiro atoms. The van der Waals surface area contributed by atoms with Crippen LogP contribution in [-0.4, -0.2) is 61.1 Å². The molecule has 0 aromatic heterocycles. The molecule has 0 amide bonds. The van der Waals surface area contributed by atoms with Gasteiger partial charge in [0.1, 0.15) is 12.6 Å². The van der Waals surface area contributed by atoms with E-state index in [0.717, 1.165) is 19.5 Å². The van der Waals surface area contributed by atoms with E-state index in [-0.39, 0.29) is 0 Å². The monoisotopic (exact) mass is 477 g/mol. The average molecular weight is 478 g/mol. The Morgan fingerprint density at radius 1 is 0.688 bits per heavy atom. The fourth-order valence-electron chi connectivity index (χ4n) is 4.57. The van der Waals surface area contributed by atoms with Crippen LogP contribution >= 0.6 is 0 Å². The molecule has 5 nitrogen and oxygen atoms in total. The van der Waals surface area contributed by atoms with Crippen LogP contribution < -0.4 is 0 Å². The molecule has 0 aromatic rings. The zero-order chi connectivity index (χ0) is 24.1. The number of hydrogen-bond acceptors (Lipinski definition) is 4. The smallest absolute Gasteiger partial charge is 0.116 e. The maximum absolute atomic E-state index is 10.8. The third-order valence-corrected chi connectivity index (χ3v) is 7.66. The Kier molecular flexibility index (Phi) is 20.1. The topological polar surface area (TPSA) is 77.4 Å². The molecule has 194 valence electrons. The second-order valence-corrected chi connectivity index (χ2v) is 11.7. The molecule has 1 N–H and O–H groups in total. The molecule has 0 heterocycles. The zero-order valence-corrected chi connectivity index (χ0v) is 22.5. The summed E-state index contributed by atoms with van der Waals surface area (Å²) in [6.45, 7) is 6.41. The molecule has 2 unspecified atom stereocenters. The molecule has 0 saturated heterocycles. The quantitative estimate of drug-likeness (QED) is 0.0991. The second-order valence-electron chi connectivity index (χ2n) is 10.2. The summed E-state index contributed by atoms with van der Waals surface area (Å²) in [7, 11) is -2.33. The summed E-state index contributed by atoms with van der Waals surface area (Å²) in [4.78, 5) is 0. The maximum atomic E-state index is 10.8. The van der Waals surface area contributed by atoms with Gasteiger partial charge in [0.2, 0.25) is 0 Å². The number of aliphatic hydroxyl groups excluding tert-OH is 1. The Balaban J connectivity index is 3.49. The number of likely N-dealkylation sites (N-methyl/N-ethyl adjacent to an activating group) is 1. The van der Waals surface area contributed by atoms with Crippen molar-refractivity contribution in [1.29, 1.82) is 0 Å². The van der Waals surface area contributed by atoms with E-state index in [0.29, 0.717) is 11.0 Å². The fraction of sp³-hybridized carbons (Fsp3) is 1.00. The van der Waals surface area contributed by atoms with Gasteiger partial charge >= 0.3 is 0 Å². The van der Waals surface area contributed by atoms with Gasteiger partial charge < -0.3 is 14.1 Å². The van der Waals surface area contributed by atoms with Crippen LogP contribution in [0.1, 0.15) is 129 Å². The SMILES string of the molecule is CCCCCCCCCCCCCCCCCCCC[N+](C)(CC)CC(O)CS(=O)(=O)[O-]. The van der Waals surface area contributed by atoms with E-state index in [1.165, 1.54) is 109 Å². The molecule has 0 aliphatic rings. The molecule has 0 aliphatic carbocycles. The third kappa shape index (κ3) is 21.7. The maximum Gasteiger partial charge on any atom is 0.116 e. The van der Waals surface area contributed by atoms with Crippen molar-refractivity contribution in [3.05, 3.63) is 0 Å². The van der Waals surface area contributed by atoms with Crippen LogP contribution in [0, 0.1) is 0 Å². The van der Waals surface area contributed by atoms with Crippen molar-refractivity contribution in [3.8, 4) is 0 Å². The highest BCUT2D eigenvalue weighted by molar-refractivity contribution is 7.85. The van der Waals surface area contributed by atoms with Crippen molar-refractivity contribution in [2.45, 2.75) is 136 Å². The minimum atomic E-state index is -4.37. The highest BCUT2D eigenvalue weighted by Crippen LogP contribution is 2.15. The average Bonchev–Trinajstić information content (AvgIpc) is 2.71. The number of quaternary nitrogens is 1. The molecular formula is C26H55NO4S. The van der Waals surface area contributed by atoms with Gasteiger partial charge in [0.05, 0.1) is 36.0 Å². The highest BCUT2D eigenvalue weighted by Gasteiger charge is 2.24. The Morgan fingerprint density at radius 3 is 1.34 bits per heavy atom. The minimum absolute atomic E-state index is 0.330. The number of aliphatic hydroxyl groups is 1. The molecule has 6 heteroatoms.